The van der Waals surface area contributed by atoms with Crippen LogP contribution in [0, 0.1) is 11.6 Å². The Kier molecular flexibility index (Phi) is 3.92. The second kappa shape index (κ2) is 5.28. The molecule has 0 N–H and O–H groups in total. The summed E-state index contributed by atoms with van der Waals surface area (Å²) >= 11 is 6.07. The molecule has 92 valence electrons. The molecule has 0 unspecified atom stereocenters. The maximum atomic E-state index is 13.7. The minimum Gasteiger partial charge on any atom is -0.288 e. The summed E-state index contributed by atoms with van der Waals surface area (Å²) in [6, 6.07) is 8.44. The average molecular weight is 376 g/mol. The number of halogens is 4. The van der Waals surface area contributed by atoms with Crippen LogP contribution < -0.4 is 0 Å². The van der Waals surface area contributed by atoms with E-state index >= 15 is 0 Å². The van der Waals surface area contributed by atoms with Crippen LogP contribution in [0.15, 0.2) is 45.3 Å². The highest BCUT2D eigenvalue weighted by molar-refractivity contribution is 9.10. The Balaban J connectivity index is 2.53. The first-order chi connectivity index (χ1) is 8.50. The van der Waals surface area contributed by atoms with E-state index in [2.05, 4.69) is 31.9 Å². The van der Waals surface area contributed by atoms with Gasteiger partial charge in [-0.05, 0) is 40.2 Å². The quantitative estimate of drug-likeness (QED) is 0.548. The Labute approximate surface area is 119 Å². The lowest BCUT2D eigenvalue weighted by Crippen LogP contribution is -2.06. The Morgan fingerprint density at radius 3 is 2.22 bits per heavy atom. The topological polar surface area (TPSA) is 17.1 Å². The van der Waals surface area contributed by atoms with Crippen molar-refractivity contribution in [1.29, 1.82) is 0 Å². The van der Waals surface area contributed by atoms with Gasteiger partial charge in [0, 0.05) is 10.0 Å². The molecular formula is C13H6Br2F2O. The van der Waals surface area contributed by atoms with Gasteiger partial charge in [0.2, 0.25) is 0 Å². The Bertz CT molecular complexity index is 626. The lowest BCUT2D eigenvalue weighted by atomic mass is 10.0. The SMILES string of the molecule is O=C(c1cc(F)c(Br)cc1F)c1ccccc1Br. The third-order valence-electron chi connectivity index (χ3n) is 2.37. The van der Waals surface area contributed by atoms with Crippen LogP contribution in [-0.2, 0) is 0 Å². The molecular weight excluding hydrogens is 370 g/mol. The molecule has 0 saturated heterocycles. The van der Waals surface area contributed by atoms with E-state index in [0.29, 0.717) is 4.47 Å². The minimum absolute atomic E-state index is 0.0105. The fourth-order valence-electron chi connectivity index (χ4n) is 1.49. The molecule has 0 fully saturated rings. The monoisotopic (exact) mass is 374 g/mol. The molecule has 0 bridgehead atoms. The summed E-state index contributed by atoms with van der Waals surface area (Å²) in [5.74, 6) is -2.00. The second-order valence-electron chi connectivity index (χ2n) is 3.56. The summed E-state index contributed by atoms with van der Waals surface area (Å²) < 4.78 is 27.6. The smallest absolute Gasteiger partial charge is 0.197 e. The Morgan fingerprint density at radius 1 is 0.889 bits per heavy atom. The number of ketones is 1. The van der Waals surface area contributed by atoms with Crippen molar-refractivity contribution >= 4 is 37.6 Å². The number of carbonyl (C=O) groups excluding carboxylic acids is 1. The van der Waals surface area contributed by atoms with E-state index in [9.17, 15) is 13.6 Å². The zero-order chi connectivity index (χ0) is 13.3. The van der Waals surface area contributed by atoms with Crippen LogP contribution in [0.3, 0.4) is 0 Å². The van der Waals surface area contributed by atoms with E-state index in [0.717, 1.165) is 12.1 Å². The van der Waals surface area contributed by atoms with Crippen LogP contribution in [0.4, 0.5) is 8.78 Å². The van der Waals surface area contributed by atoms with Crippen LogP contribution >= 0.6 is 31.9 Å². The van der Waals surface area contributed by atoms with Gasteiger partial charge in [-0.1, -0.05) is 28.1 Å². The van der Waals surface area contributed by atoms with Gasteiger partial charge in [0.05, 0.1) is 10.0 Å². The molecule has 18 heavy (non-hydrogen) atoms. The summed E-state index contributed by atoms with van der Waals surface area (Å²) in [4.78, 5) is 12.1. The third-order valence-corrected chi connectivity index (χ3v) is 3.67. The van der Waals surface area contributed by atoms with Crippen molar-refractivity contribution in [1.82, 2.24) is 0 Å². The average Bonchev–Trinajstić information content (AvgIpc) is 2.33. The molecule has 2 aromatic carbocycles. The van der Waals surface area contributed by atoms with E-state index in [4.69, 9.17) is 0 Å². The van der Waals surface area contributed by atoms with Crippen molar-refractivity contribution < 1.29 is 13.6 Å². The van der Waals surface area contributed by atoms with Gasteiger partial charge in [0.1, 0.15) is 11.6 Å². The predicted molar refractivity (Wildman–Crippen MR) is 71.6 cm³/mol. The van der Waals surface area contributed by atoms with Gasteiger partial charge in [-0.2, -0.15) is 0 Å². The molecule has 0 radical (unpaired) electrons. The summed E-state index contributed by atoms with van der Waals surface area (Å²) in [6.07, 6.45) is 0. The van der Waals surface area contributed by atoms with Crippen molar-refractivity contribution in [3.05, 3.63) is 68.1 Å². The summed E-state index contributed by atoms with van der Waals surface area (Å²) in [6.45, 7) is 0. The number of rotatable bonds is 2. The molecule has 0 aliphatic carbocycles. The molecule has 5 heteroatoms. The molecule has 0 atom stereocenters. The van der Waals surface area contributed by atoms with Gasteiger partial charge in [0.15, 0.2) is 5.78 Å². The molecule has 2 rings (SSSR count). The molecule has 0 aliphatic heterocycles. The summed E-state index contributed by atoms with van der Waals surface area (Å²) in [7, 11) is 0. The van der Waals surface area contributed by atoms with Gasteiger partial charge < -0.3 is 0 Å². The van der Waals surface area contributed by atoms with Crippen molar-refractivity contribution in [2.75, 3.05) is 0 Å². The maximum Gasteiger partial charge on any atom is 0.197 e. The van der Waals surface area contributed by atoms with Crippen molar-refractivity contribution in [2.24, 2.45) is 0 Å². The lowest BCUT2D eigenvalue weighted by molar-refractivity contribution is 0.103. The molecule has 0 aliphatic rings. The molecule has 0 heterocycles. The Hall–Kier alpha value is -1.07. The largest absolute Gasteiger partial charge is 0.288 e. The molecule has 0 saturated carbocycles. The van der Waals surface area contributed by atoms with E-state index in [1.54, 1.807) is 24.3 Å². The highest BCUT2D eigenvalue weighted by atomic mass is 79.9. The van der Waals surface area contributed by atoms with Crippen LogP contribution in [0.1, 0.15) is 15.9 Å². The molecule has 0 amide bonds. The fraction of sp³-hybridized carbons (Fsp3) is 0. The Morgan fingerprint density at radius 2 is 1.56 bits per heavy atom. The lowest BCUT2D eigenvalue weighted by Gasteiger charge is -2.06. The van der Waals surface area contributed by atoms with Crippen LogP contribution in [0.25, 0.3) is 0 Å². The van der Waals surface area contributed by atoms with Crippen molar-refractivity contribution in [3.63, 3.8) is 0 Å². The van der Waals surface area contributed by atoms with E-state index in [-0.39, 0.29) is 15.6 Å². The highest BCUT2D eigenvalue weighted by Gasteiger charge is 2.18. The van der Waals surface area contributed by atoms with E-state index < -0.39 is 17.4 Å². The second-order valence-corrected chi connectivity index (χ2v) is 5.26. The number of benzene rings is 2. The highest BCUT2D eigenvalue weighted by Crippen LogP contribution is 2.24. The summed E-state index contributed by atoms with van der Waals surface area (Å²) in [5.41, 5.74) is 0.000669. The zero-order valence-corrected chi connectivity index (χ0v) is 12.1. The van der Waals surface area contributed by atoms with Gasteiger partial charge >= 0.3 is 0 Å². The van der Waals surface area contributed by atoms with E-state index in [1.807, 2.05) is 0 Å². The van der Waals surface area contributed by atoms with Crippen LogP contribution in [0.2, 0.25) is 0 Å². The first-order valence-corrected chi connectivity index (χ1v) is 6.53. The molecule has 0 aromatic heterocycles. The third kappa shape index (κ3) is 2.52. The molecule has 2 aromatic rings. The number of hydrogen-bond acceptors (Lipinski definition) is 1. The van der Waals surface area contributed by atoms with Crippen molar-refractivity contribution in [3.8, 4) is 0 Å². The minimum atomic E-state index is -0.760. The summed E-state index contributed by atoms with van der Waals surface area (Å²) in [5, 5.41) is 0. The number of hydrogen-bond donors (Lipinski definition) is 0. The zero-order valence-electron chi connectivity index (χ0n) is 8.88. The first-order valence-electron chi connectivity index (χ1n) is 4.94. The predicted octanol–water partition coefficient (Wildman–Crippen LogP) is 4.72. The fourth-order valence-corrected chi connectivity index (χ4v) is 2.27. The van der Waals surface area contributed by atoms with Gasteiger partial charge in [-0.25, -0.2) is 8.78 Å². The molecule has 1 nitrogen and oxygen atoms in total. The van der Waals surface area contributed by atoms with Gasteiger partial charge in [0.25, 0.3) is 0 Å². The van der Waals surface area contributed by atoms with E-state index in [1.165, 1.54) is 0 Å². The van der Waals surface area contributed by atoms with Gasteiger partial charge in [-0.3, -0.25) is 4.79 Å². The molecule has 0 spiro atoms. The first kappa shape index (κ1) is 13.4. The standard InChI is InChI=1S/C13H6Br2F2O/c14-9-4-2-1-3-7(9)13(18)8-5-12(17)10(15)6-11(8)16/h1-6H. The number of carbonyl (C=O) groups is 1. The maximum absolute atomic E-state index is 13.7. The van der Waals surface area contributed by atoms with Crippen LogP contribution in [0.5, 0.6) is 0 Å². The van der Waals surface area contributed by atoms with Gasteiger partial charge in [-0.15, -0.1) is 0 Å². The van der Waals surface area contributed by atoms with Crippen molar-refractivity contribution in [2.45, 2.75) is 0 Å². The van der Waals surface area contributed by atoms with Crippen LogP contribution in [-0.4, -0.2) is 5.78 Å². The normalized spacial score (nSPS) is 10.4.